The van der Waals surface area contributed by atoms with E-state index in [4.69, 9.17) is 32.7 Å². The molecule has 2 aliphatic heterocycles. The first kappa shape index (κ1) is 27.8. The van der Waals surface area contributed by atoms with Gasteiger partial charge in [-0.1, -0.05) is 29.3 Å². The summed E-state index contributed by atoms with van der Waals surface area (Å²) >= 11 is 12.6. The molecule has 1 fully saturated rings. The summed E-state index contributed by atoms with van der Waals surface area (Å²) in [6, 6.07) is 17.2. The number of carbonyl (C=O) groups is 2. The molecule has 5 rings (SSSR count). The number of ether oxygens (including phenoxy) is 2. The molecular weight excluding hydrogens is 526 g/mol. The number of halogens is 2. The van der Waals surface area contributed by atoms with Crippen LogP contribution in [0.4, 0.5) is 5.69 Å². The Morgan fingerprint density at radius 2 is 1.84 bits per heavy atom. The van der Waals surface area contributed by atoms with Crippen molar-refractivity contribution in [1.29, 1.82) is 0 Å². The Bertz CT molecular complexity index is 1300. The zero-order chi connectivity index (χ0) is 25.2. The molecule has 2 heterocycles. The molecule has 7 nitrogen and oxygen atoms in total. The van der Waals surface area contributed by atoms with E-state index in [0.717, 1.165) is 18.7 Å². The van der Waals surface area contributed by atoms with E-state index in [1.807, 2.05) is 12.1 Å². The molecule has 0 radical (unpaired) electrons. The van der Waals surface area contributed by atoms with Gasteiger partial charge in [-0.3, -0.25) is 4.79 Å². The van der Waals surface area contributed by atoms with E-state index in [0.29, 0.717) is 46.4 Å². The van der Waals surface area contributed by atoms with Crippen molar-refractivity contribution in [2.24, 2.45) is 0 Å². The molecular formula is C27H23Cl2N2NaO5. The van der Waals surface area contributed by atoms with E-state index in [1.54, 1.807) is 53.4 Å². The van der Waals surface area contributed by atoms with Crippen molar-refractivity contribution in [3.63, 3.8) is 0 Å². The van der Waals surface area contributed by atoms with Crippen LogP contribution < -0.4 is 54.4 Å². The molecule has 1 N–H and O–H groups in total. The standard InChI is InChI=1S/C27H24Cl2N2O5.Na/c28-17-2-1-3-18(12-17)31(19-8-10-30-15-19)26(32)16-4-6-20(7-5-16)36-25-14-24-22(13-23(25)29)21(27(33)34)9-11-35-24;/h1-7,12-14,19,21,30H,8-11,15H2,(H,33,34);/q;+1/p-1. The van der Waals surface area contributed by atoms with Crippen molar-refractivity contribution in [2.45, 2.75) is 24.8 Å². The molecule has 37 heavy (non-hydrogen) atoms. The van der Waals surface area contributed by atoms with Gasteiger partial charge >= 0.3 is 29.6 Å². The molecule has 0 aliphatic carbocycles. The number of amides is 1. The summed E-state index contributed by atoms with van der Waals surface area (Å²) in [4.78, 5) is 26.8. The summed E-state index contributed by atoms with van der Waals surface area (Å²) in [7, 11) is 0. The molecule has 2 aliphatic rings. The number of carboxylic acids is 1. The predicted molar refractivity (Wildman–Crippen MR) is 135 cm³/mol. The number of fused-ring (bicyclic) bond motifs is 1. The predicted octanol–water partition coefficient (Wildman–Crippen LogP) is 1.41. The van der Waals surface area contributed by atoms with Crippen molar-refractivity contribution in [3.8, 4) is 17.2 Å². The third-order valence-electron chi connectivity index (χ3n) is 6.42. The summed E-state index contributed by atoms with van der Waals surface area (Å²) in [6.07, 6.45) is 1.17. The van der Waals surface area contributed by atoms with E-state index >= 15 is 0 Å². The first-order valence-electron chi connectivity index (χ1n) is 11.7. The van der Waals surface area contributed by atoms with Crippen LogP contribution in [0.25, 0.3) is 0 Å². The van der Waals surface area contributed by atoms with Gasteiger partial charge in [0.2, 0.25) is 0 Å². The molecule has 2 unspecified atom stereocenters. The van der Waals surface area contributed by atoms with E-state index in [-0.39, 0.29) is 53.1 Å². The second kappa shape index (κ2) is 12.1. The number of aliphatic carboxylic acids is 1. The molecule has 10 heteroatoms. The topological polar surface area (TPSA) is 90.9 Å². The quantitative estimate of drug-likeness (QED) is 0.468. The number of carbonyl (C=O) groups excluding carboxylic acids is 2. The van der Waals surface area contributed by atoms with Gasteiger partial charge in [-0.15, -0.1) is 0 Å². The van der Waals surface area contributed by atoms with E-state index in [1.165, 1.54) is 0 Å². The van der Waals surface area contributed by atoms with Gasteiger partial charge in [0.25, 0.3) is 5.91 Å². The molecule has 1 amide bonds. The first-order valence-corrected chi connectivity index (χ1v) is 12.4. The van der Waals surface area contributed by atoms with Crippen LogP contribution >= 0.6 is 23.2 Å². The number of rotatable bonds is 6. The number of hydrogen-bond acceptors (Lipinski definition) is 6. The van der Waals surface area contributed by atoms with Crippen LogP contribution in [0.2, 0.25) is 10.0 Å². The molecule has 0 spiro atoms. The fourth-order valence-electron chi connectivity index (χ4n) is 4.62. The van der Waals surface area contributed by atoms with Crippen molar-refractivity contribution >= 4 is 40.8 Å². The zero-order valence-electron chi connectivity index (χ0n) is 20.2. The van der Waals surface area contributed by atoms with Crippen LogP contribution in [-0.4, -0.2) is 37.6 Å². The SMILES string of the molecule is O=C([O-])C1CCOc2cc(Oc3ccc(C(=O)N(c4cccc(Cl)c4)C4CCNC4)cc3)c(Cl)cc21.[Na+]. The molecule has 3 aromatic rings. The van der Waals surface area contributed by atoms with Crippen LogP contribution in [-0.2, 0) is 4.79 Å². The Kier molecular flexibility index (Phi) is 9.06. The maximum absolute atomic E-state index is 13.5. The van der Waals surface area contributed by atoms with Crippen molar-refractivity contribution < 1.29 is 53.7 Å². The minimum absolute atomic E-state index is 0. The van der Waals surface area contributed by atoms with Gasteiger partial charge in [-0.05, 0) is 67.9 Å². The number of carboxylic acid groups (broad SMARTS) is 1. The Morgan fingerprint density at radius 1 is 1.05 bits per heavy atom. The second-order valence-corrected chi connectivity index (χ2v) is 9.60. The number of nitrogens with one attached hydrogen (secondary N) is 1. The van der Waals surface area contributed by atoms with Gasteiger partial charge in [0.15, 0.2) is 0 Å². The number of nitrogens with zero attached hydrogens (tertiary/aromatic N) is 1. The van der Waals surface area contributed by atoms with Gasteiger partial charge < -0.3 is 29.6 Å². The largest absolute Gasteiger partial charge is 1.00 e. The van der Waals surface area contributed by atoms with Crippen molar-refractivity contribution in [3.05, 3.63) is 81.8 Å². The molecule has 2 atom stereocenters. The number of hydrogen-bond donors (Lipinski definition) is 1. The minimum atomic E-state index is -1.16. The third kappa shape index (κ3) is 6.08. The summed E-state index contributed by atoms with van der Waals surface area (Å²) in [6.45, 7) is 1.82. The van der Waals surface area contributed by atoms with Crippen LogP contribution in [0.3, 0.4) is 0 Å². The average molecular weight is 549 g/mol. The fraction of sp³-hybridized carbons (Fsp3) is 0.259. The molecule has 186 valence electrons. The maximum atomic E-state index is 13.5. The Morgan fingerprint density at radius 3 is 2.51 bits per heavy atom. The smallest absolute Gasteiger partial charge is 0.549 e. The van der Waals surface area contributed by atoms with Gasteiger partial charge in [0.05, 0.1) is 17.7 Å². The molecule has 1 saturated heterocycles. The van der Waals surface area contributed by atoms with E-state index in [9.17, 15) is 14.7 Å². The second-order valence-electron chi connectivity index (χ2n) is 8.76. The Hall–Kier alpha value is -2.26. The van der Waals surface area contributed by atoms with Crippen LogP contribution in [0.1, 0.15) is 34.7 Å². The zero-order valence-corrected chi connectivity index (χ0v) is 23.7. The number of benzene rings is 3. The van der Waals surface area contributed by atoms with Gasteiger partial charge in [0.1, 0.15) is 17.2 Å². The molecule has 0 bridgehead atoms. The molecule has 3 aromatic carbocycles. The normalized spacial score (nSPS) is 18.2. The summed E-state index contributed by atoms with van der Waals surface area (Å²) in [5.74, 6) is -0.869. The fourth-order valence-corrected chi connectivity index (χ4v) is 5.02. The van der Waals surface area contributed by atoms with Crippen LogP contribution in [0, 0.1) is 0 Å². The minimum Gasteiger partial charge on any atom is -0.549 e. The average Bonchev–Trinajstić information content (AvgIpc) is 3.39. The summed E-state index contributed by atoms with van der Waals surface area (Å²) < 4.78 is 11.6. The summed E-state index contributed by atoms with van der Waals surface area (Å²) in [5, 5.41) is 15.6. The number of anilines is 1. The van der Waals surface area contributed by atoms with Crippen LogP contribution in [0.15, 0.2) is 60.7 Å². The Balaban J connectivity index is 0.00000320. The van der Waals surface area contributed by atoms with Gasteiger partial charge in [-0.2, -0.15) is 0 Å². The molecule has 0 aromatic heterocycles. The Labute approximate surface area is 246 Å². The molecule has 0 saturated carbocycles. The van der Waals surface area contributed by atoms with Crippen LogP contribution in [0.5, 0.6) is 17.2 Å². The first-order chi connectivity index (χ1) is 17.4. The summed E-state index contributed by atoms with van der Waals surface area (Å²) in [5.41, 5.74) is 1.73. The van der Waals surface area contributed by atoms with Gasteiger partial charge in [0, 0.05) is 46.3 Å². The maximum Gasteiger partial charge on any atom is 1.00 e. The van der Waals surface area contributed by atoms with E-state index < -0.39 is 11.9 Å². The van der Waals surface area contributed by atoms with E-state index in [2.05, 4.69) is 5.32 Å². The van der Waals surface area contributed by atoms with Crippen molar-refractivity contribution in [2.75, 3.05) is 24.6 Å². The van der Waals surface area contributed by atoms with Crippen molar-refractivity contribution in [1.82, 2.24) is 5.32 Å². The third-order valence-corrected chi connectivity index (χ3v) is 6.95. The monoisotopic (exact) mass is 548 g/mol. The van der Waals surface area contributed by atoms with Gasteiger partial charge in [-0.25, -0.2) is 0 Å².